The van der Waals surface area contributed by atoms with Gasteiger partial charge in [0, 0.05) is 46.2 Å². The first-order valence-corrected chi connectivity index (χ1v) is 9.56. The molecule has 0 aromatic heterocycles. The highest BCUT2D eigenvalue weighted by molar-refractivity contribution is 5.79. The second kappa shape index (κ2) is 11.5. The number of benzene rings is 1. The van der Waals surface area contributed by atoms with Crippen LogP contribution in [0.25, 0.3) is 0 Å². The van der Waals surface area contributed by atoms with Gasteiger partial charge >= 0.3 is 0 Å². The second-order valence-electron chi connectivity index (χ2n) is 6.68. The van der Waals surface area contributed by atoms with Gasteiger partial charge in [0.05, 0.1) is 33.9 Å². The van der Waals surface area contributed by atoms with Crippen molar-refractivity contribution in [3.63, 3.8) is 0 Å². The van der Waals surface area contributed by atoms with E-state index in [0.717, 1.165) is 38.4 Å². The summed E-state index contributed by atoms with van der Waals surface area (Å²) in [5.74, 6) is 1.15. The second-order valence-corrected chi connectivity index (χ2v) is 6.68. The Morgan fingerprint density at radius 1 is 1.14 bits per heavy atom. The third-order valence-corrected chi connectivity index (χ3v) is 4.75. The van der Waals surface area contributed by atoms with Crippen LogP contribution in [0, 0.1) is 0 Å². The zero-order valence-corrected chi connectivity index (χ0v) is 17.0. The molecule has 1 aromatic rings. The van der Waals surface area contributed by atoms with Crippen LogP contribution in [0.15, 0.2) is 18.2 Å². The van der Waals surface area contributed by atoms with Gasteiger partial charge in [0.25, 0.3) is 0 Å². The summed E-state index contributed by atoms with van der Waals surface area (Å²) in [6.45, 7) is 7.24. The number of nitrogens with zero attached hydrogens (tertiary/aromatic N) is 2. The van der Waals surface area contributed by atoms with Crippen LogP contribution in [-0.4, -0.2) is 88.3 Å². The van der Waals surface area contributed by atoms with Gasteiger partial charge < -0.3 is 24.4 Å². The fourth-order valence-corrected chi connectivity index (χ4v) is 3.08. The summed E-state index contributed by atoms with van der Waals surface area (Å²) in [6, 6.07) is 5.42. The molecule has 0 saturated carbocycles. The van der Waals surface area contributed by atoms with E-state index in [0.29, 0.717) is 31.1 Å². The number of carbonyl (C=O) groups excluding carboxylic acids is 2. The molecule has 0 unspecified atom stereocenters. The monoisotopic (exact) mass is 393 g/mol. The standard InChI is InChI=1S/C20H31N3O5/c1-16(24)23(9-8-22-10-12-28-13-11-22)7-6-21-20(25)15-17-4-5-18(26-2)19(14-17)27-3/h4-5,14H,6-13,15H2,1-3H3,(H,21,25). The van der Waals surface area contributed by atoms with Crippen LogP contribution in [0.2, 0.25) is 0 Å². The molecule has 1 aromatic carbocycles. The van der Waals surface area contributed by atoms with Crippen molar-refractivity contribution in [2.75, 3.05) is 66.7 Å². The predicted octanol–water partition coefficient (Wildman–Crippen LogP) is 0.543. The summed E-state index contributed by atoms with van der Waals surface area (Å²) in [4.78, 5) is 28.1. The summed E-state index contributed by atoms with van der Waals surface area (Å²) >= 11 is 0. The first kappa shape index (κ1) is 22.0. The molecular weight excluding hydrogens is 362 g/mol. The Bertz CT molecular complexity index is 647. The van der Waals surface area contributed by atoms with Gasteiger partial charge in [0.2, 0.25) is 11.8 Å². The SMILES string of the molecule is COc1ccc(CC(=O)NCCN(CCN2CCOCC2)C(C)=O)cc1OC. The summed E-state index contributed by atoms with van der Waals surface area (Å²) in [6.07, 6.45) is 0.244. The fourth-order valence-electron chi connectivity index (χ4n) is 3.08. The molecule has 1 saturated heterocycles. The average Bonchev–Trinajstić information content (AvgIpc) is 2.70. The predicted molar refractivity (Wildman–Crippen MR) is 106 cm³/mol. The maximum atomic E-state index is 12.2. The number of carbonyl (C=O) groups is 2. The molecule has 0 aliphatic carbocycles. The van der Waals surface area contributed by atoms with E-state index in [9.17, 15) is 9.59 Å². The maximum absolute atomic E-state index is 12.2. The molecule has 1 aliphatic heterocycles. The van der Waals surface area contributed by atoms with Gasteiger partial charge in [-0.3, -0.25) is 14.5 Å². The molecule has 0 radical (unpaired) electrons. The lowest BCUT2D eigenvalue weighted by Crippen LogP contribution is -2.44. The van der Waals surface area contributed by atoms with Gasteiger partial charge in [-0.25, -0.2) is 0 Å². The van der Waals surface area contributed by atoms with Crippen LogP contribution in [0.5, 0.6) is 11.5 Å². The largest absolute Gasteiger partial charge is 0.493 e. The number of methoxy groups -OCH3 is 2. The normalized spacial score (nSPS) is 14.4. The summed E-state index contributed by atoms with van der Waals surface area (Å²) in [5, 5.41) is 2.88. The maximum Gasteiger partial charge on any atom is 0.224 e. The third kappa shape index (κ3) is 7.01. The molecule has 0 atom stereocenters. The Morgan fingerprint density at radius 3 is 2.50 bits per heavy atom. The van der Waals surface area contributed by atoms with Gasteiger partial charge in [0.15, 0.2) is 11.5 Å². The molecule has 156 valence electrons. The van der Waals surface area contributed by atoms with Crippen LogP contribution in [0.4, 0.5) is 0 Å². The molecule has 1 N–H and O–H groups in total. The highest BCUT2D eigenvalue weighted by Gasteiger charge is 2.14. The number of hydrogen-bond donors (Lipinski definition) is 1. The van der Waals surface area contributed by atoms with Gasteiger partial charge in [0.1, 0.15) is 0 Å². The molecule has 2 rings (SSSR count). The Labute approximate surface area is 166 Å². The van der Waals surface area contributed by atoms with Gasteiger partial charge in [-0.15, -0.1) is 0 Å². The minimum absolute atomic E-state index is 0.0161. The van der Waals surface area contributed by atoms with Crippen molar-refractivity contribution in [2.24, 2.45) is 0 Å². The quantitative estimate of drug-likeness (QED) is 0.625. The zero-order valence-electron chi connectivity index (χ0n) is 17.0. The van der Waals surface area contributed by atoms with E-state index in [1.807, 2.05) is 6.07 Å². The highest BCUT2D eigenvalue weighted by atomic mass is 16.5. The van der Waals surface area contributed by atoms with Crippen LogP contribution < -0.4 is 14.8 Å². The molecule has 8 nitrogen and oxygen atoms in total. The van der Waals surface area contributed by atoms with Gasteiger partial charge in [-0.2, -0.15) is 0 Å². The molecule has 28 heavy (non-hydrogen) atoms. The average molecular weight is 393 g/mol. The Kier molecular flexibility index (Phi) is 9.03. The molecule has 1 aliphatic rings. The van der Waals surface area contributed by atoms with Crippen molar-refractivity contribution >= 4 is 11.8 Å². The lowest BCUT2D eigenvalue weighted by molar-refractivity contribution is -0.129. The molecule has 0 spiro atoms. The Hall–Kier alpha value is -2.32. The minimum atomic E-state index is -0.0936. The number of amides is 2. The lowest BCUT2D eigenvalue weighted by Gasteiger charge is -2.29. The number of hydrogen-bond acceptors (Lipinski definition) is 6. The van der Waals surface area contributed by atoms with Gasteiger partial charge in [-0.05, 0) is 17.7 Å². The molecule has 1 heterocycles. The molecule has 2 amide bonds. The van der Waals surface area contributed by atoms with E-state index in [1.54, 1.807) is 38.2 Å². The van der Waals surface area contributed by atoms with Crippen molar-refractivity contribution in [2.45, 2.75) is 13.3 Å². The minimum Gasteiger partial charge on any atom is -0.493 e. The number of morpholine rings is 1. The summed E-state index contributed by atoms with van der Waals surface area (Å²) in [7, 11) is 3.14. The lowest BCUT2D eigenvalue weighted by atomic mass is 10.1. The van der Waals surface area contributed by atoms with Crippen molar-refractivity contribution < 1.29 is 23.8 Å². The number of ether oxygens (including phenoxy) is 3. The van der Waals surface area contributed by atoms with E-state index in [-0.39, 0.29) is 18.2 Å². The first-order valence-electron chi connectivity index (χ1n) is 9.56. The number of nitrogens with one attached hydrogen (secondary N) is 1. The third-order valence-electron chi connectivity index (χ3n) is 4.75. The smallest absolute Gasteiger partial charge is 0.224 e. The summed E-state index contributed by atoms with van der Waals surface area (Å²) < 4.78 is 15.8. The van der Waals surface area contributed by atoms with Crippen molar-refractivity contribution in [1.82, 2.24) is 15.1 Å². The highest BCUT2D eigenvalue weighted by Crippen LogP contribution is 2.27. The number of rotatable bonds is 10. The Balaban J connectivity index is 1.75. The molecule has 0 bridgehead atoms. The first-order chi connectivity index (χ1) is 13.5. The van der Waals surface area contributed by atoms with Crippen LogP contribution in [0.1, 0.15) is 12.5 Å². The van der Waals surface area contributed by atoms with E-state index < -0.39 is 0 Å². The Morgan fingerprint density at radius 2 is 1.86 bits per heavy atom. The molecular formula is C20H31N3O5. The fraction of sp³-hybridized carbons (Fsp3) is 0.600. The topological polar surface area (TPSA) is 80.3 Å². The molecule has 8 heteroatoms. The van der Waals surface area contributed by atoms with Crippen LogP contribution in [-0.2, 0) is 20.7 Å². The van der Waals surface area contributed by atoms with E-state index in [4.69, 9.17) is 14.2 Å². The van der Waals surface area contributed by atoms with Gasteiger partial charge in [-0.1, -0.05) is 6.07 Å². The van der Waals surface area contributed by atoms with E-state index in [1.165, 1.54) is 0 Å². The van der Waals surface area contributed by atoms with Crippen LogP contribution >= 0.6 is 0 Å². The summed E-state index contributed by atoms with van der Waals surface area (Å²) in [5.41, 5.74) is 0.839. The zero-order chi connectivity index (χ0) is 20.4. The van der Waals surface area contributed by atoms with E-state index >= 15 is 0 Å². The van der Waals surface area contributed by atoms with Crippen molar-refractivity contribution in [1.29, 1.82) is 0 Å². The van der Waals surface area contributed by atoms with Crippen LogP contribution in [0.3, 0.4) is 0 Å². The molecule has 1 fully saturated rings. The van der Waals surface area contributed by atoms with Crippen molar-refractivity contribution in [3.8, 4) is 11.5 Å². The van der Waals surface area contributed by atoms with E-state index in [2.05, 4.69) is 10.2 Å². The van der Waals surface area contributed by atoms with Crippen molar-refractivity contribution in [3.05, 3.63) is 23.8 Å².